The van der Waals surface area contributed by atoms with Gasteiger partial charge in [0.1, 0.15) is 0 Å². The van der Waals surface area contributed by atoms with E-state index < -0.39 is 5.60 Å². The number of hydrogen-bond acceptors (Lipinski definition) is 2. The Kier molecular flexibility index (Phi) is 5.55. The molecule has 0 radical (unpaired) electrons. The highest BCUT2D eigenvalue weighted by atomic mass is 16.3. The monoisotopic (exact) mass is 306 g/mol. The fraction of sp³-hybridized carbons (Fsp3) is 0.800. The van der Waals surface area contributed by atoms with Gasteiger partial charge in [0.25, 0.3) is 0 Å². The van der Waals surface area contributed by atoms with Gasteiger partial charge in [0, 0.05) is 0 Å². The van der Waals surface area contributed by atoms with Gasteiger partial charge in [-0.3, -0.25) is 0 Å². The number of fused-ring (bicyclic) bond motifs is 1. The number of rotatable bonds is 6. The molecule has 2 nitrogen and oxygen atoms in total. The van der Waals surface area contributed by atoms with Crippen LogP contribution in [0.5, 0.6) is 0 Å². The lowest BCUT2D eigenvalue weighted by Crippen LogP contribution is -2.39. The Morgan fingerprint density at radius 2 is 2.09 bits per heavy atom. The fourth-order valence-corrected chi connectivity index (χ4v) is 4.62. The van der Waals surface area contributed by atoms with Gasteiger partial charge in [-0.2, -0.15) is 0 Å². The maximum atomic E-state index is 10.3. The van der Waals surface area contributed by atoms with Crippen LogP contribution in [0.2, 0.25) is 0 Å². The van der Waals surface area contributed by atoms with Crippen molar-refractivity contribution in [1.29, 1.82) is 0 Å². The molecule has 4 atom stereocenters. The zero-order valence-electron chi connectivity index (χ0n) is 14.8. The number of allylic oxidation sites excluding steroid dienone is 3. The molecule has 22 heavy (non-hydrogen) atoms. The third kappa shape index (κ3) is 3.33. The minimum atomic E-state index is -0.642. The zero-order chi connectivity index (χ0) is 16.4. The molecular formula is C20H34O2. The molecule has 0 aromatic rings. The summed E-state index contributed by atoms with van der Waals surface area (Å²) in [6.45, 7) is 8.72. The molecule has 0 aromatic heterocycles. The van der Waals surface area contributed by atoms with E-state index in [2.05, 4.69) is 26.0 Å². The molecule has 0 amide bonds. The van der Waals surface area contributed by atoms with Crippen molar-refractivity contribution in [3.8, 4) is 0 Å². The summed E-state index contributed by atoms with van der Waals surface area (Å²) >= 11 is 0. The molecule has 0 bridgehead atoms. The minimum Gasteiger partial charge on any atom is -0.393 e. The van der Waals surface area contributed by atoms with Crippen LogP contribution in [-0.4, -0.2) is 21.9 Å². The molecule has 1 unspecified atom stereocenters. The van der Waals surface area contributed by atoms with Crippen LogP contribution < -0.4 is 0 Å². The molecule has 2 aliphatic rings. The molecule has 0 spiro atoms. The second-order valence-electron chi connectivity index (χ2n) is 7.73. The van der Waals surface area contributed by atoms with Gasteiger partial charge in [0.2, 0.25) is 0 Å². The van der Waals surface area contributed by atoms with E-state index in [1.54, 1.807) is 0 Å². The quantitative estimate of drug-likeness (QED) is 0.703. The molecule has 2 aliphatic carbocycles. The van der Waals surface area contributed by atoms with E-state index >= 15 is 0 Å². The average molecular weight is 306 g/mol. The Bertz CT molecular complexity index is 433. The Labute approximate surface area is 136 Å². The van der Waals surface area contributed by atoms with Crippen LogP contribution in [0, 0.1) is 17.3 Å². The predicted molar refractivity (Wildman–Crippen MR) is 92.6 cm³/mol. The number of aliphatic hydroxyl groups is 2. The van der Waals surface area contributed by atoms with E-state index in [-0.39, 0.29) is 11.5 Å². The van der Waals surface area contributed by atoms with E-state index in [1.165, 1.54) is 12.0 Å². The lowest BCUT2D eigenvalue weighted by molar-refractivity contribution is 0.00804. The summed E-state index contributed by atoms with van der Waals surface area (Å²) in [4.78, 5) is 0. The third-order valence-corrected chi connectivity index (χ3v) is 6.40. The van der Waals surface area contributed by atoms with E-state index in [4.69, 9.17) is 0 Å². The molecule has 2 heteroatoms. The van der Waals surface area contributed by atoms with Gasteiger partial charge < -0.3 is 10.2 Å². The van der Waals surface area contributed by atoms with Gasteiger partial charge in [-0.1, -0.05) is 51.5 Å². The van der Waals surface area contributed by atoms with E-state index in [0.29, 0.717) is 11.8 Å². The summed E-state index contributed by atoms with van der Waals surface area (Å²) in [7, 11) is 0. The van der Waals surface area contributed by atoms with Crippen molar-refractivity contribution in [3.05, 3.63) is 23.8 Å². The highest BCUT2D eigenvalue weighted by Gasteiger charge is 2.47. The van der Waals surface area contributed by atoms with Crippen molar-refractivity contribution in [2.24, 2.45) is 17.3 Å². The van der Waals surface area contributed by atoms with Crippen molar-refractivity contribution >= 4 is 0 Å². The van der Waals surface area contributed by atoms with Gasteiger partial charge in [-0.25, -0.2) is 0 Å². The molecule has 0 saturated heterocycles. The molecule has 2 N–H and O–H groups in total. The van der Waals surface area contributed by atoms with Crippen molar-refractivity contribution in [2.45, 2.75) is 84.3 Å². The lowest BCUT2D eigenvalue weighted by atomic mass is 9.63. The second-order valence-corrected chi connectivity index (χ2v) is 7.73. The Morgan fingerprint density at radius 3 is 2.73 bits per heavy atom. The van der Waals surface area contributed by atoms with E-state index in [9.17, 15) is 10.2 Å². The third-order valence-electron chi connectivity index (χ3n) is 6.40. The normalized spacial score (nSPS) is 33.8. The molecule has 0 aliphatic heterocycles. The predicted octanol–water partition coefficient (Wildman–Crippen LogP) is 4.62. The first kappa shape index (κ1) is 17.7. The van der Waals surface area contributed by atoms with Crippen LogP contribution >= 0.6 is 0 Å². The zero-order valence-corrected chi connectivity index (χ0v) is 14.8. The summed E-state index contributed by atoms with van der Waals surface area (Å²) in [5.41, 5.74) is 1.09. The highest BCUT2D eigenvalue weighted by molar-refractivity contribution is 5.26. The molecular weight excluding hydrogens is 272 g/mol. The van der Waals surface area contributed by atoms with Crippen molar-refractivity contribution in [2.75, 3.05) is 0 Å². The first-order valence-corrected chi connectivity index (χ1v) is 9.15. The van der Waals surface area contributed by atoms with Crippen LogP contribution in [0.1, 0.15) is 72.6 Å². The summed E-state index contributed by atoms with van der Waals surface area (Å²) in [5.74, 6) is 0.917. The average Bonchev–Trinajstić information content (AvgIpc) is 2.85. The maximum Gasteiger partial charge on any atom is 0.0822 e. The van der Waals surface area contributed by atoms with Gasteiger partial charge in [0.15, 0.2) is 0 Å². The first-order chi connectivity index (χ1) is 10.4. The highest BCUT2D eigenvalue weighted by Crippen LogP contribution is 2.55. The second kappa shape index (κ2) is 6.88. The number of hydrogen-bond donors (Lipinski definition) is 2. The molecule has 1 saturated carbocycles. The van der Waals surface area contributed by atoms with Gasteiger partial charge in [0.05, 0.1) is 11.7 Å². The standard InChI is InChI=1S/C20H34O2/c1-5-20(22,6-2)14-7-9-15(3)16-11-12-17-18(21)10-8-13-19(16,17)4/h7,11,14-15,17-18,21-22H,5-6,8-10,12-13H2,1-4H3/t15?,17-,18-,19+/m0/s1. The molecule has 1 fully saturated rings. The van der Waals surface area contributed by atoms with Crippen molar-refractivity contribution in [1.82, 2.24) is 0 Å². The van der Waals surface area contributed by atoms with Crippen molar-refractivity contribution in [3.63, 3.8) is 0 Å². The Hall–Kier alpha value is -0.600. The van der Waals surface area contributed by atoms with Crippen LogP contribution in [0.25, 0.3) is 0 Å². The number of aliphatic hydroxyl groups excluding tert-OH is 1. The van der Waals surface area contributed by atoms with Gasteiger partial charge in [-0.15, -0.1) is 0 Å². The smallest absolute Gasteiger partial charge is 0.0822 e. The summed E-state index contributed by atoms with van der Waals surface area (Å²) < 4.78 is 0. The SMILES string of the molecule is CCC(O)(C=CCC(C)C1=CC[C@H]2[C@@H](O)CCC[C@]12C)CC. The van der Waals surface area contributed by atoms with Gasteiger partial charge in [-0.05, 0) is 62.2 Å². The topological polar surface area (TPSA) is 40.5 Å². The maximum absolute atomic E-state index is 10.3. The van der Waals surface area contributed by atoms with Crippen molar-refractivity contribution < 1.29 is 10.2 Å². The molecule has 2 rings (SSSR count). The van der Waals surface area contributed by atoms with Crippen LogP contribution in [0.3, 0.4) is 0 Å². The molecule has 0 heterocycles. The van der Waals surface area contributed by atoms with Crippen LogP contribution in [0.15, 0.2) is 23.8 Å². The largest absolute Gasteiger partial charge is 0.393 e. The lowest BCUT2D eigenvalue weighted by Gasteiger charge is -2.43. The fourth-order valence-electron chi connectivity index (χ4n) is 4.62. The first-order valence-electron chi connectivity index (χ1n) is 9.15. The van der Waals surface area contributed by atoms with Gasteiger partial charge >= 0.3 is 0 Å². The van der Waals surface area contributed by atoms with E-state index in [0.717, 1.165) is 38.5 Å². The summed E-state index contributed by atoms with van der Waals surface area (Å²) in [6.07, 6.45) is 13.3. The summed E-state index contributed by atoms with van der Waals surface area (Å²) in [6, 6.07) is 0. The molecule has 126 valence electrons. The Balaban J connectivity index is 2.01. The minimum absolute atomic E-state index is 0.125. The van der Waals surface area contributed by atoms with Crippen LogP contribution in [0.4, 0.5) is 0 Å². The summed E-state index contributed by atoms with van der Waals surface area (Å²) in [5, 5.41) is 20.7. The van der Waals surface area contributed by atoms with E-state index in [1.807, 2.05) is 19.9 Å². The van der Waals surface area contributed by atoms with Crippen LogP contribution in [-0.2, 0) is 0 Å². The molecule has 0 aromatic carbocycles. The Morgan fingerprint density at radius 1 is 1.41 bits per heavy atom.